The van der Waals surface area contributed by atoms with E-state index in [-0.39, 0.29) is 17.1 Å². The molecule has 3 rings (SSSR count). The molecule has 1 unspecified atom stereocenters. The standard InChI is InChI=1S/C27H28ClNO5/c1-5-17(2)32-25(30)22(28)15-21-24(27(21,3)4)26(31)34-23(16-29)18-10-9-13-20(14-18)33-19-11-7-6-8-12-19/h6-15,17,21,23-24H,5H2,1-4H3/t17?,21-,23+,24-/m0/s1. The summed E-state index contributed by atoms with van der Waals surface area (Å²) in [5, 5.41) is 9.61. The molecule has 0 saturated heterocycles. The van der Waals surface area contributed by atoms with E-state index in [0.29, 0.717) is 23.5 Å². The van der Waals surface area contributed by atoms with E-state index in [4.69, 9.17) is 25.8 Å². The van der Waals surface area contributed by atoms with Crippen molar-refractivity contribution in [3.05, 3.63) is 71.3 Å². The van der Waals surface area contributed by atoms with Crippen LogP contribution in [-0.2, 0) is 19.1 Å². The van der Waals surface area contributed by atoms with Crippen molar-refractivity contribution in [1.29, 1.82) is 5.26 Å². The van der Waals surface area contributed by atoms with Gasteiger partial charge in [-0.2, -0.15) is 5.26 Å². The molecule has 0 spiro atoms. The molecule has 0 bridgehead atoms. The Balaban J connectivity index is 1.68. The highest BCUT2D eigenvalue weighted by molar-refractivity contribution is 6.41. The molecule has 0 radical (unpaired) electrons. The maximum absolute atomic E-state index is 12.9. The second-order valence-corrected chi connectivity index (χ2v) is 9.30. The predicted octanol–water partition coefficient (Wildman–Crippen LogP) is 6.32. The highest BCUT2D eigenvalue weighted by Crippen LogP contribution is 2.60. The Kier molecular flexibility index (Phi) is 8.01. The molecular weight excluding hydrogens is 454 g/mol. The maximum atomic E-state index is 12.9. The van der Waals surface area contributed by atoms with Gasteiger partial charge in [-0.25, -0.2) is 4.79 Å². The van der Waals surface area contributed by atoms with Crippen LogP contribution in [0.3, 0.4) is 0 Å². The fraction of sp³-hybridized carbons (Fsp3) is 0.370. The Bertz CT molecular complexity index is 1110. The summed E-state index contributed by atoms with van der Waals surface area (Å²) in [4.78, 5) is 25.1. The Morgan fingerprint density at radius 1 is 1.12 bits per heavy atom. The molecule has 1 fully saturated rings. The molecule has 0 aliphatic heterocycles. The first-order valence-corrected chi connectivity index (χ1v) is 11.6. The number of nitriles is 1. The molecule has 2 aromatic rings. The SMILES string of the molecule is CCC(C)OC(=O)C(Cl)=C[C@H]1[C@@H](C(=O)O[C@H](C#N)c2cccc(Oc3ccccc3)c2)C1(C)C. The third kappa shape index (κ3) is 5.98. The molecule has 1 aliphatic rings. The number of para-hydroxylation sites is 1. The first kappa shape index (κ1) is 25.3. The second-order valence-electron chi connectivity index (χ2n) is 8.90. The van der Waals surface area contributed by atoms with Gasteiger partial charge in [0.25, 0.3) is 0 Å². The number of esters is 2. The quantitative estimate of drug-likeness (QED) is 0.307. The number of rotatable bonds is 9. The molecule has 4 atom stereocenters. The van der Waals surface area contributed by atoms with Crippen LogP contribution in [0.1, 0.15) is 45.8 Å². The van der Waals surface area contributed by atoms with Crippen molar-refractivity contribution in [2.75, 3.05) is 0 Å². The minimum absolute atomic E-state index is 0.0590. The van der Waals surface area contributed by atoms with Crippen molar-refractivity contribution >= 4 is 23.5 Å². The van der Waals surface area contributed by atoms with Crippen LogP contribution in [0.25, 0.3) is 0 Å². The van der Waals surface area contributed by atoms with E-state index < -0.39 is 29.4 Å². The van der Waals surface area contributed by atoms with Gasteiger partial charge in [0.05, 0.1) is 12.0 Å². The predicted molar refractivity (Wildman–Crippen MR) is 128 cm³/mol. The lowest BCUT2D eigenvalue weighted by atomic mass is 10.1. The van der Waals surface area contributed by atoms with Gasteiger partial charge in [-0.15, -0.1) is 0 Å². The van der Waals surface area contributed by atoms with Gasteiger partial charge >= 0.3 is 11.9 Å². The molecule has 1 aliphatic carbocycles. The molecule has 178 valence electrons. The van der Waals surface area contributed by atoms with Crippen LogP contribution in [0.15, 0.2) is 65.7 Å². The highest BCUT2D eigenvalue weighted by atomic mass is 35.5. The van der Waals surface area contributed by atoms with Crippen LogP contribution in [0, 0.1) is 28.6 Å². The summed E-state index contributed by atoms with van der Waals surface area (Å²) in [6.45, 7) is 7.46. The van der Waals surface area contributed by atoms with E-state index in [1.54, 1.807) is 37.3 Å². The van der Waals surface area contributed by atoms with E-state index in [0.717, 1.165) is 0 Å². The number of benzene rings is 2. The minimum Gasteiger partial charge on any atom is -0.458 e. The summed E-state index contributed by atoms with van der Waals surface area (Å²) in [5.74, 6) is -0.786. The van der Waals surface area contributed by atoms with Crippen molar-refractivity contribution in [2.24, 2.45) is 17.3 Å². The van der Waals surface area contributed by atoms with Gasteiger partial charge in [0, 0.05) is 5.56 Å². The van der Waals surface area contributed by atoms with Gasteiger partial charge in [-0.1, -0.05) is 68.8 Å². The van der Waals surface area contributed by atoms with E-state index >= 15 is 0 Å². The zero-order valence-electron chi connectivity index (χ0n) is 19.7. The largest absolute Gasteiger partial charge is 0.458 e. The lowest BCUT2D eigenvalue weighted by Crippen LogP contribution is -2.15. The molecule has 34 heavy (non-hydrogen) atoms. The number of ether oxygens (including phenoxy) is 3. The molecule has 6 nitrogen and oxygen atoms in total. The average Bonchev–Trinajstić information content (AvgIpc) is 3.37. The van der Waals surface area contributed by atoms with Crippen molar-refractivity contribution < 1.29 is 23.8 Å². The normalized spacial score (nSPS) is 20.4. The molecular formula is C27H28ClNO5. The highest BCUT2D eigenvalue weighted by Gasteiger charge is 2.62. The number of carbonyl (C=O) groups excluding carboxylic acids is 2. The Hall–Kier alpha value is -3.30. The fourth-order valence-corrected chi connectivity index (χ4v) is 3.89. The first-order valence-electron chi connectivity index (χ1n) is 11.2. The minimum atomic E-state index is -1.10. The number of nitrogens with zero attached hydrogens (tertiary/aromatic N) is 1. The van der Waals surface area contributed by atoms with Crippen LogP contribution < -0.4 is 4.74 Å². The Morgan fingerprint density at radius 3 is 2.44 bits per heavy atom. The van der Waals surface area contributed by atoms with Crippen molar-refractivity contribution in [1.82, 2.24) is 0 Å². The van der Waals surface area contributed by atoms with E-state index in [1.165, 1.54) is 0 Å². The van der Waals surface area contributed by atoms with Crippen LogP contribution >= 0.6 is 11.6 Å². The van der Waals surface area contributed by atoms with Gasteiger partial charge < -0.3 is 14.2 Å². The van der Waals surface area contributed by atoms with E-state index in [9.17, 15) is 14.9 Å². The summed E-state index contributed by atoms with van der Waals surface area (Å²) < 4.78 is 16.6. The van der Waals surface area contributed by atoms with Crippen LogP contribution in [-0.4, -0.2) is 18.0 Å². The molecule has 0 heterocycles. The van der Waals surface area contributed by atoms with E-state index in [2.05, 4.69) is 0 Å². The van der Waals surface area contributed by atoms with Gasteiger partial charge in [-0.05, 0) is 48.9 Å². The zero-order chi connectivity index (χ0) is 24.9. The molecule has 0 N–H and O–H groups in total. The molecule has 0 amide bonds. The number of halogens is 1. The number of hydrogen-bond donors (Lipinski definition) is 0. The molecule has 0 aromatic heterocycles. The summed E-state index contributed by atoms with van der Waals surface area (Å²) in [6.07, 6.45) is 0.875. The van der Waals surface area contributed by atoms with Gasteiger partial charge in [0.1, 0.15) is 22.6 Å². The number of hydrogen-bond acceptors (Lipinski definition) is 6. The number of carbonyl (C=O) groups is 2. The summed E-state index contributed by atoms with van der Waals surface area (Å²) >= 11 is 6.15. The lowest BCUT2D eigenvalue weighted by molar-refractivity contribution is -0.149. The molecule has 1 saturated carbocycles. The molecule has 2 aromatic carbocycles. The van der Waals surface area contributed by atoms with Crippen molar-refractivity contribution in [3.8, 4) is 17.6 Å². The van der Waals surface area contributed by atoms with Crippen molar-refractivity contribution in [3.63, 3.8) is 0 Å². The smallest absolute Gasteiger partial charge is 0.349 e. The summed E-state index contributed by atoms with van der Waals surface area (Å²) in [5.41, 5.74) is 0.0385. The summed E-state index contributed by atoms with van der Waals surface area (Å²) in [7, 11) is 0. The Labute approximate surface area is 205 Å². The second kappa shape index (κ2) is 10.8. The van der Waals surface area contributed by atoms with E-state index in [1.807, 2.05) is 57.2 Å². The average molecular weight is 482 g/mol. The number of allylic oxidation sites excluding steroid dienone is 1. The maximum Gasteiger partial charge on any atom is 0.349 e. The lowest BCUT2D eigenvalue weighted by Gasteiger charge is -2.13. The van der Waals surface area contributed by atoms with Gasteiger partial charge in [-0.3, -0.25) is 4.79 Å². The first-order chi connectivity index (χ1) is 16.2. The zero-order valence-corrected chi connectivity index (χ0v) is 20.4. The molecule has 7 heteroatoms. The van der Waals surface area contributed by atoms with Crippen LogP contribution in [0.4, 0.5) is 0 Å². The van der Waals surface area contributed by atoms with Crippen LogP contribution in [0.2, 0.25) is 0 Å². The summed E-state index contributed by atoms with van der Waals surface area (Å²) in [6, 6.07) is 18.2. The fourth-order valence-electron chi connectivity index (χ4n) is 3.71. The topological polar surface area (TPSA) is 85.6 Å². The third-order valence-electron chi connectivity index (χ3n) is 6.06. The third-order valence-corrected chi connectivity index (χ3v) is 6.34. The van der Waals surface area contributed by atoms with Gasteiger partial charge in [0.2, 0.25) is 6.10 Å². The van der Waals surface area contributed by atoms with Crippen molar-refractivity contribution in [2.45, 2.75) is 46.3 Å². The van der Waals surface area contributed by atoms with Crippen LogP contribution in [0.5, 0.6) is 11.5 Å². The Morgan fingerprint density at radius 2 is 1.79 bits per heavy atom. The monoisotopic (exact) mass is 481 g/mol. The van der Waals surface area contributed by atoms with Gasteiger partial charge in [0.15, 0.2) is 0 Å².